The van der Waals surface area contributed by atoms with E-state index in [9.17, 15) is 5.11 Å². The van der Waals surface area contributed by atoms with Crippen molar-refractivity contribution in [3.8, 4) is 5.75 Å². The van der Waals surface area contributed by atoms with Crippen LogP contribution < -0.4 is 0 Å². The van der Waals surface area contributed by atoms with Gasteiger partial charge in [0, 0.05) is 19.8 Å². The number of aliphatic imine (C=N–C) groups is 1. The van der Waals surface area contributed by atoms with Gasteiger partial charge in [-0.2, -0.15) is 0 Å². The predicted molar refractivity (Wildman–Crippen MR) is 63.1 cm³/mol. The van der Waals surface area contributed by atoms with E-state index in [-0.39, 0.29) is 5.75 Å². The zero-order valence-electron chi connectivity index (χ0n) is 9.36. The second kappa shape index (κ2) is 4.64. The molecule has 1 N–H and O–H groups in total. The third-order valence-corrected chi connectivity index (χ3v) is 2.25. The lowest BCUT2D eigenvalue weighted by Gasteiger charge is -2.21. The molecule has 1 aromatic rings. The zero-order chi connectivity index (χ0) is 11.4. The molecule has 0 atom stereocenters. The van der Waals surface area contributed by atoms with Crippen LogP contribution in [0.2, 0.25) is 0 Å². The molecule has 0 bridgehead atoms. The van der Waals surface area contributed by atoms with Crippen LogP contribution in [0.25, 0.3) is 0 Å². The molecule has 3 nitrogen and oxygen atoms in total. The van der Waals surface area contributed by atoms with Gasteiger partial charge in [-0.3, -0.25) is 4.99 Å². The zero-order valence-corrected chi connectivity index (χ0v) is 9.36. The maximum Gasteiger partial charge on any atom is 0.138 e. The number of amidine groups is 1. The average Bonchev–Trinajstić information content (AvgIpc) is 2.21. The van der Waals surface area contributed by atoms with Crippen LogP contribution in [0, 0.1) is 0 Å². The summed E-state index contributed by atoms with van der Waals surface area (Å²) in [5, 5.41) is 9.71. The summed E-state index contributed by atoms with van der Waals surface area (Å²) in [7, 11) is 3.57. The molecule has 0 radical (unpaired) electrons. The van der Waals surface area contributed by atoms with Crippen molar-refractivity contribution in [2.75, 3.05) is 14.1 Å². The first-order valence-corrected chi connectivity index (χ1v) is 4.72. The van der Waals surface area contributed by atoms with Gasteiger partial charge < -0.3 is 10.0 Å². The smallest absolute Gasteiger partial charge is 0.138 e. The molecule has 0 aliphatic rings. The Morgan fingerprint density at radius 2 is 2.00 bits per heavy atom. The van der Waals surface area contributed by atoms with Gasteiger partial charge in [-0.25, -0.2) is 0 Å². The van der Waals surface area contributed by atoms with E-state index in [0.29, 0.717) is 11.4 Å². The van der Waals surface area contributed by atoms with E-state index in [1.165, 1.54) is 0 Å². The van der Waals surface area contributed by atoms with Crippen LogP contribution in [-0.2, 0) is 0 Å². The molecule has 0 aromatic heterocycles. The summed E-state index contributed by atoms with van der Waals surface area (Å²) < 4.78 is 0. The second-order valence-corrected chi connectivity index (χ2v) is 3.36. The molecule has 0 spiro atoms. The Balaban J connectivity index is 3.15. The van der Waals surface area contributed by atoms with Crippen molar-refractivity contribution in [2.24, 2.45) is 4.99 Å². The van der Waals surface area contributed by atoms with Gasteiger partial charge in [0.1, 0.15) is 11.6 Å². The van der Waals surface area contributed by atoms with E-state index in [2.05, 4.69) is 11.6 Å². The van der Waals surface area contributed by atoms with Crippen LogP contribution in [-0.4, -0.2) is 29.9 Å². The minimum atomic E-state index is 0.228. The fourth-order valence-electron chi connectivity index (χ4n) is 1.29. The summed E-state index contributed by atoms with van der Waals surface area (Å²) in [6.07, 6.45) is 0. The number of para-hydroxylation sites is 1. The number of phenolic OH excluding ortho intramolecular Hbond substituents is 1. The molecule has 0 amide bonds. The van der Waals surface area contributed by atoms with Crippen molar-refractivity contribution in [3.05, 3.63) is 42.1 Å². The van der Waals surface area contributed by atoms with Crippen molar-refractivity contribution >= 4 is 5.84 Å². The fourth-order valence-corrected chi connectivity index (χ4v) is 1.29. The molecule has 0 saturated heterocycles. The van der Waals surface area contributed by atoms with E-state index < -0.39 is 0 Å². The normalized spacial score (nSPS) is 11.3. The van der Waals surface area contributed by atoms with Crippen molar-refractivity contribution in [3.63, 3.8) is 0 Å². The van der Waals surface area contributed by atoms with Crippen LogP contribution in [0.1, 0.15) is 12.5 Å². The summed E-state index contributed by atoms with van der Waals surface area (Å²) in [6.45, 7) is 5.74. The summed E-state index contributed by atoms with van der Waals surface area (Å²) >= 11 is 0. The number of nitrogens with zero attached hydrogens (tertiary/aromatic N) is 2. The van der Waals surface area contributed by atoms with Gasteiger partial charge in [0.05, 0.1) is 5.56 Å². The minimum absolute atomic E-state index is 0.228. The Hall–Kier alpha value is -1.77. The molecule has 1 aromatic carbocycles. The molecule has 0 aliphatic heterocycles. The summed E-state index contributed by atoms with van der Waals surface area (Å²) in [5.74, 6) is 0.937. The molecule has 1 rings (SSSR count). The lowest BCUT2D eigenvalue weighted by molar-refractivity contribution is 0.472. The fraction of sp³-hybridized carbons (Fsp3) is 0.250. The van der Waals surface area contributed by atoms with E-state index in [1.807, 2.05) is 31.0 Å². The summed E-state index contributed by atoms with van der Waals surface area (Å²) in [4.78, 5) is 6.00. The summed E-state index contributed by atoms with van der Waals surface area (Å²) in [6, 6.07) is 7.13. The third kappa shape index (κ3) is 2.37. The van der Waals surface area contributed by atoms with Crippen LogP contribution in [0.4, 0.5) is 0 Å². The lowest BCUT2D eigenvalue weighted by atomic mass is 10.1. The first-order valence-electron chi connectivity index (χ1n) is 4.72. The standard InChI is InChI=1S/C12H16N2O/c1-9(2)14(4)12(13-3)10-7-5-6-8-11(10)15/h5-8,15H,1H2,2-4H3. The highest BCUT2D eigenvalue weighted by molar-refractivity contribution is 6.01. The maximum absolute atomic E-state index is 9.71. The van der Waals surface area contributed by atoms with E-state index in [1.54, 1.807) is 19.2 Å². The first-order chi connectivity index (χ1) is 7.07. The molecular formula is C12H16N2O. The number of aromatic hydroxyl groups is 1. The predicted octanol–water partition coefficient (Wildman–Crippen LogP) is 2.23. The van der Waals surface area contributed by atoms with Gasteiger partial charge >= 0.3 is 0 Å². The first kappa shape index (κ1) is 11.3. The molecule has 15 heavy (non-hydrogen) atoms. The van der Waals surface area contributed by atoms with Crippen LogP contribution in [0.3, 0.4) is 0 Å². The number of benzene rings is 1. The Morgan fingerprint density at radius 1 is 1.40 bits per heavy atom. The quantitative estimate of drug-likeness (QED) is 0.592. The van der Waals surface area contributed by atoms with Gasteiger partial charge in [-0.05, 0) is 19.1 Å². The number of allylic oxidation sites excluding steroid dienone is 1. The van der Waals surface area contributed by atoms with Crippen molar-refractivity contribution in [2.45, 2.75) is 6.92 Å². The SMILES string of the molecule is C=C(C)N(C)C(=NC)c1ccccc1O. The molecule has 0 aliphatic carbocycles. The molecule has 0 unspecified atom stereocenters. The lowest BCUT2D eigenvalue weighted by Crippen LogP contribution is -2.25. The van der Waals surface area contributed by atoms with Crippen LogP contribution >= 0.6 is 0 Å². The Kier molecular flexibility index (Phi) is 3.50. The molecule has 3 heteroatoms. The Labute approximate surface area is 90.4 Å². The van der Waals surface area contributed by atoms with Gasteiger partial charge in [0.15, 0.2) is 0 Å². The van der Waals surface area contributed by atoms with Crippen molar-refractivity contribution in [1.82, 2.24) is 4.90 Å². The van der Waals surface area contributed by atoms with Crippen LogP contribution in [0.5, 0.6) is 5.75 Å². The van der Waals surface area contributed by atoms with Crippen molar-refractivity contribution < 1.29 is 5.11 Å². The molecule has 0 fully saturated rings. The van der Waals surface area contributed by atoms with E-state index >= 15 is 0 Å². The average molecular weight is 204 g/mol. The molecule has 0 heterocycles. The van der Waals surface area contributed by atoms with Crippen molar-refractivity contribution in [1.29, 1.82) is 0 Å². The highest BCUT2D eigenvalue weighted by Crippen LogP contribution is 2.19. The Bertz CT molecular complexity index is 396. The highest BCUT2D eigenvalue weighted by atomic mass is 16.3. The van der Waals surface area contributed by atoms with Crippen LogP contribution in [0.15, 0.2) is 41.5 Å². The maximum atomic E-state index is 9.71. The largest absolute Gasteiger partial charge is 0.507 e. The topological polar surface area (TPSA) is 35.8 Å². The molecular weight excluding hydrogens is 188 g/mol. The number of hydrogen-bond donors (Lipinski definition) is 1. The van der Waals surface area contributed by atoms with E-state index in [4.69, 9.17) is 0 Å². The molecule has 0 saturated carbocycles. The van der Waals surface area contributed by atoms with Gasteiger partial charge in [0.25, 0.3) is 0 Å². The number of phenols is 1. The summed E-state index contributed by atoms with van der Waals surface area (Å²) in [5.41, 5.74) is 1.59. The third-order valence-electron chi connectivity index (χ3n) is 2.25. The minimum Gasteiger partial charge on any atom is -0.507 e. The second-order valence-electron chi connectivity index (χ2n) is 3.36. The van der Waals surface area contributed by atoms with Gasteiger partial charge in [-0.1, -0.05) is 18.7 Å². The van der Waals surface area contributed by atoms with E-state index in [0.717, 1.165) is 5.70 Å². The molecule has 80 valence electrons. The monoisotopic (exact) mass is 204 g/mol. The number of hydrogen-bond acceptors (Lipinski definition) is 2. The Morgan fingerprint density at radius 3 is 2.47 bits per heavy atom. The number of rotatable bonds is 2. The van der Waals surface area contributed by atoms with Gasteiger partial charge in [0.2, 0.25) is 0 Å². The van der Waals surface area contributed by atoms with Gasteiger partial charge in [-0.15, -0.1) is 0 Å². The highest BCUT2D eigenvalue weighted by Gasteiger charge is 2.12.